The Labute approximate surface area is 155 Å². The second-order valence-electron chi connectivity index (χ2n) is 6.00. The van der Waals surface area contributed by atoms with E-state index < -0.39 is 6.29 Å². The van der Waals surface area contributed by atoms with Crippen LogP contribution in [-0.4, -0.2) is 6.61 Å². The molecule has 4 nitrogen and oxygen atoms in total. The highest BCUT2D eigenvalue weighted by atomic mass is 32.2. The maximum Gasteiger partial charge on any atom is 0.350 e. The van der Waals surface area contributed by atoms with Crippen molar-refractivity contribution in [3.63, 3.8) is 0 Å². The van der Waals surface area contributed by atoms with E-state index in [-0.39, 0.29) is 5.63 Å². The van der Waals surface area contributed by atoms with E-state index in [0.29, 0.717) is 23.0 Å². The Balaban J connectivity index is 1.79. The van der Waals surface area contributed by atoms with Crippen LogP contribution in [0.2, 0.25) is 0 Å². The van der Waals surface area contributed by atoms with E-state index in [1.807, 2.05) is 68.4 Å². The van der Waals surface area contributed by atoms with Crippen LogP contribution < -0.4 is 10.4 Å². The first-order valence-corrected chi connectivity index (χ1v) is 9.27. The summed E-state index contributed by atoms with van der Waals surface area (Å²) < 4.78 is 17.4. The fourth-order valence-electron chi connectivity index (χ4n) is 2.87. The molecular weight excluding hydrogens is 348 g/mol. The van der Waals surface area contributed by atoms with E-state index in [1.165, 1.54) is 17.3 Å². The molecular formula is C21H18O4S. The van der Waals surface area contributed by atoms with Gasteiger partial charge in [-0.2, -0.15) is 0 Å². The third-order valence-electron chi connectivity index (χ3n) is 4.13. The molecule has 0 spiro atoms. The zero-order chi connectivity index (χ0) is 18.1. The summed E-state index contributed by atoms with van der Waals surface area (Å²) in [4.78, 5) is 14.1. The molecule has 0 bridgehead atoms. The molecule has 2 heterocycles. The molecule has 0 saturated carbocycles. The number of rotatable bonds is 4. The zero-order valence-electron chi connectivity index (χ0n) is 14.5. The predicted molar refractivity (Wildman–Crippen MR) is 101 cm³/mol. The summed E-state index contributed by atoms with van der Waals surface area (Å²) >= 11 is 1.38. The second kappa shape index (κ2) is 7.02. The smallest absolute Gasteiger partial charge is 0.350 e. The van der Waals surface area contributed by atoms with Crippen LogP contribution in [0.5, 0.6) is 5.75 Å². The largest absolute Gasteiger partial charge is 0.460 e. The molecule has 0 aliphatic carbocycles. The van der Waals surface area contributed by atoms with E-state index >= 15 is 0 Å². The van der Waals surface area contributed by atoms with Gasteiger partial charge in [0.1, 0.15) is 5.75 Å². The van der Waals surface area contributed by atoms with Crippen molar-refractivity contribution in [2.45, 2.75) is 29.9 Å². The van der Waals surface area contributed by atoms with Crippen LogP contribution in [0.4, 0.5) is 0 Å². The Hall–Kier alpha value is -2.50. The fraction of sp³-hybridized carbons (Fsp3) is 0.190. The molecule has 1 unspecified atom stereocenters. The number of fused-ring (bicyclic) bond motifs is 3. The lowest BCUT2D eigenvalue weighted by atomic mass is 10.0. The van der Waals surface area contributed by atoms with Gasteiger partial charge in [-0.1, -0.05) is 41.6 Å². The number of benzene rings is 2. The normalized spacial score (nSPS) is 15.1. The van der Waals surface area contributed by atoms with Gasteiger partial charge in [0.25, 0.3) is 0 Å². The standard InChI is InChI=1S/C21H18O4S/c1-3-23-21-16-12-18(26-14-10-8-13(2)9-11-14)20(22)25-19(16)15-6-4-5-7-17(15)24-21/h4-12,21H,3H2,1-2H3. The van der Waals surface area contributed by atoms with Crippen LogP contribution in [0.15, 0.2) is 73.6 Å². The predicted octanol–water partition coefficient (Wildman–Crippen LogP) is 5.19. The van der Waals surface area contributed by atoms with Gasteiger partial charge in [-0.3, -0.25) is 0 Å². The number of aryl methyl sites for hydroxylation is 1. The van der Waals surface area contributed by atoms with Crippen molar-refractivity contribution in [3.8, 4) is 17.1 Å². The average molecular weight is 366 g/mol. The summed E-state index contributed by atoms with van der Waals surface area (Å²) in [6, 6.07) is 17.3. The molecule has 0 amide bonds. The van der Waals surface area contributed by atoms with Gasteiger partial charge < -0.3 is 13.9 Å². The maximum atomic E-state index is 12.6. The average Bonchev–Trinajstić information content (AvgIpc) is 2.65. The van der Waals surface area contributed by atoms with Crippen molar-refractivity contribution in [2.75, 3.05) is 6.61 Å². The van der Waals surface area contributed by atoms with Crippen molar-refractivity contribution in [3.05, 3.63) is 76.1 Å². The van der Waals surface area contributed by atoms with Crippen molar-refractivity contribution >= 4 is 11.8 Å². The molecule has 4 rings (SSSR count). The van der Waals surface area contributed by atoms with E-state index in [1.54, 1.807) is 0 Å². The lowest BCUT2D eigenvalue weighted by molar-refractivity contribution is -0.0815. The molecule has 1 aromatic heterocycles. The summed E-state index contributed by atoms with van der Waals surface area (Å²) in [5.41, 5.74) is 2.32. The van der Waals surface area contributed by atoms with E-state index in [4.69, 9.17) is 13.9 Å². The van der Waals surface area contributed by atoms with Crippen molar-refractivity contribution in [2.24, 2.45) is 0 Å². The molecule has 1 aliphatic rings. The molecule has 26 heavy (non-hydrogen) atoms. The van der Waals surface area contributed by atoms with E-state index in [0.717, 1.165) is 16.0 Å². The Morgan fingerprint density at radius 2 is 1.88 bits per heavy atom. The molecule has 2 aromatic carbocycles. The van der Waals surface area contributed by atoms with Gasteiger partial charge in [0.05, 0.1) is 16.0 Å². The Bertz CT molecular complexity index is 992. The molecule has 5 heteroatoms. The highest BCUT2D eigenvalue weighted by molar-refractivity contribution is 7.99. The number of para-hydroxylation sites is 1. The first-order chi connectivity index (χ1) is 12.7. The van der Waals surface area contributed by atoms with Crippen LogP contribution in [-0.2, 0) is 4.74 Å². The van der Waals surface area contributed by atoms with E-state index in [9.17, 15) is 4.79 Å². The van der Waals surface area contributed by atoms with Crippen LogP contribution in [0.3, 0.4) is 0 Å². The molecule has 0 N–H and O–H groups in total. The second-order valence-corrected chi connectivity index (χ2v) is 7.11. The Kier molecular flexibility index (Phi) is 4.57. The van der Waals surface area contributed by atoms with Crippen LogP contribution in [0.25, 0.3) is 11.3 Å². The molecule has 0 fully saturated rings. The van der Waals surface area contributed by atoms with Crippen molar-refractivity contribution < 1.29 is 13.9 Å². The minimum atomic E-state index is -0.591. The number of ether oxygens (including phenoxy) is 2. The van der Waals surface area contributed by atoms with Crippen molar-refractivity contribution in [1.29, 1.82) is 0 Å². The molecule has 132 valence electrons. The highest BCUT2D eigenvalue weighted by Crippen LogP contribution is 2.43. The van der Waals surface area contributed by atoms with Crippen molar-refractivity contribution in [1.82, 2.24) is 0 Å². The molecule has 3 aromatic rings. The van der Waals surface area contributed by atoms with Gasteiger partial charge >= 0.3 is 5.63 Å². The summed E-state index contributed by atoms with van der Waals surface area (Å²) in [7, 11) is 0. The van der Waals surface area contributed by atoms with Gasteiger partial charge in [-0.15, -0.1) is 0 Å². The number of hydrogen-bond acceptors (Lipinski definition) is 5. The van der Waals surface area contributed by atoms with Crippen LogP contribution >= 0.6 is 11.8 Å². The van der Waals surface area contributed by atoms with Gasteiger partial charge in [0, 0.05) is 11.5 Å². The Morgan fingerprint density at radius 1 is 1.12 bits per heavy atom. The number of hydrogen-bond donors (Lipinski definition) is 0. The quantitative estimate of drug-likeness (QED) is 0.636. The van der Waals surface area contributed by atoms with E-state index in [2.05, 4.69) is 0 Å². The summed E-state index contributed by atoms with van der Waals surface area (Å²) in [5.74, 6) is 1.17. The summed E-state index contributed by atoms with van der Waals surface area (Å²) in [5, 5.41) is 0. The van der Waals surface area contributed by atoms with Gasteiger partial charge in [0.2, 0.25) is 6.29 Å². The van der Waals surface area contributed by atoms with Gasteiger partial charge in [0.15, 0.2) is 5.76 Å². The monoisotopic (exact) mass is 366 g/mol. The molecule has 0 radical (unpaired) electrons. The Morgan fingerprint density at radius 3 is 2.65 bits per heavy atom. The SMILES string of the molecule is CCOC1Oc2ccccc2-c2oc(=O)c(Sc3ccc(C)cc3)cc21. The third-order valence-corrected chi connectivity index (χ3v) is 5.14. The topological polar surface area (TPSA) is 48.7 Å². The van der Waals surface area contributed by atoms with Gasteiger partial charge in [-0.25, -0.2) is 4.79 Å². The summed E-state index contributed by atoms with van der Waals surface area (Å²) in [6.07, 6.45) is -0.591. The molecule has 0 saturated heterocycles. The molecule has 1 atom stereocenters. The maximum absolute atomic E-state index is 12.6. The minimum Gasteiger partial charge on any atom is -0.460 e. The lowest BCUT2D eigenvalue weighted by Crippen LogP contribution is -2.19. The lowest BCUT2D eigenvalue weighted by Gasteiger charge is -2.27. The highest BCUT2D eigenvalue weighted by Gasteiger charge is 2.30. The van der Waals surface area contributed by atoms with Gasteiger partial charge in [-0.05, 0) is 44.2 Å². The summed E-state index contributed by atoms with van der Waals surface area (Å²) in [6.45, 7) is 4.43. The zero-order valence-corrected chi connectivity index (χ0v) is 15.3. The first kappa shape index (κ1) is 16.9. The fourth-order valence-corrected chi connectivity index (χ4v) is 3.71. The van der Waals surface area contributed by atoms with Crippen LogP contribution in [0, 0.1) is 6.92 Å². The minimum absolute atomic E-state index is 0.360. The molecule has 1 aliphatic heterocycles. The van der Waals surface area contributed by atoms with Crippen LogP contribution in [0.1, 0.15) is 24.3 Å². The first-order valence-electron chi connectivity index (χ1n) is 8.46. The third kappa shape index (κ3) is 3.16.